The summed E-state index contributed by atoms with van der Waals surface area (Å²) in [5, 5.41) is 0. The Morgan fingerprint density at radius 2 is 1.15 bits per heavy atom. The quantitative estimate of drug-likeness (QED) is 0.535. The molecular formula is C10H18O3. The van der Waals surface area contributed by atoms with E-state index in [0.29, 0.717) is 12.2 Å². The van der Waals surface area contributed by atoms with Gasteiger partial charge in [-0.2, -0.15) is 0 Å². The van der Waals surface area contributed by atoms with Crippen LogP contribution in [0.4, 0.5) is 0 Å². The van der Waals surface area contributed by atoms with Crippen molar-refractivity contribution in [1.82, 2.24) is 0 Å². The van der Waals surface area contributed by atoms with Gasteiger partial charge < -0.3 is 14.2 Å². The molecule has 13 heavy (non-hydrogen) atoms. The van der Waals surface area contributed by atoms with Gasteiger partial charge in [-0.05, 0) is 12.8 Å². The van der Waals surface area contributed by atoms with Crippen molar-refractivity contribution in [3.63, 3.8) is 0 Å². The van der Waals surface area contributed by atoms with Crippen molar-refractivity contribution in [3.05, 3.63) is 0 Å². The third-order valence-electron chi connectivity index (χ3n) is 2.66. The fourth-order valence-corrected chi connectivity index (χ4v) is 1.82. The molecule has 3 heteroatoms. The van der Waals surface area contributed by atoms with Crippen molar-refractivity contribution in [2.75, 3.05) is 26.4 Å². The van der Waals surface area contributed by atoms with Crippen molar-refractivity contribution in [1.29, 1.82) is 0 Å². The molecule has 76 valence electrons. The highest BCUT2D eigenvalue weighted by atomic mass is 16.6. The molecule has 2 unspecified atom stereocenters. The lowest BCUT2D eigenvalue weighted by Gasteiger charge is -2.09. The zero-order chi connectivity index (χ0) is 8.93. The van der Waals surface area contributed by atoms with Crippen LogP contribution in [0, 0.1) is 0 Å². The van der Waals surface area contributed by atoms with E-state index < -0.39 is 0 Å². The minimum Gasteiger partial charge on any atom is -0.377 e. The van der Waals surface area contributed by atoms with E-state index in [1.807, 2.05) is 0 Å². The maximum Gasteiger partial charge on any atom is 0.0841 e. The Balaban J connectivity index is 0.000000102. The molecule has 2 saturated heterocycles. The maximum absolute atomic E-state index is 5.28. The summed E-state index contributed by atoms with van der Waals surface area (Å²) in [6.45, 7) is 3.11. The molecule has 3 rings (SSSR count). The topological polar surface area (TPSA) is 31.0 Å². The minimum atomic E-state index is 0.703. The molecule has 1 saturated carbocycles. The average Bonchev–Trinajstić information content (AvgIpc) is 3.00. The Kier molecular flexibility index (Phi) is 3.58. The molecule has 2 atom stereocenters. The SMILES string of the molecule is C1CCC2OC2C1.C1COCCO1. The van der Waals surface area contributed by atoms with E-state index in [4.69, 9.17) is 14.2 Å². The summed E-state index contributed by atoms with van der Waals surface area (Å²) in [4.78, 5) is 0. The fourth-order valence-electron chi connectivity index (χ4n) is 1.82. The zero-order valence-electron chi connectivity index (χ0n) is 8.04. The van der Waals surface area contributed by atoms with Crippen LogP contribution in [-0.4, -0.2) is 38.6 Å². The standard InChI is InChI=1S/C6H10O.C4H8O2/c1-2-4-6-5(3-1)7-6;1-2-6-4-3-5-1/h5-6H,1-4H2;1-4H2. The van der Waals surface area contributed by atoms with Crippen LogP contribution in [0.2, 0.25) is 0 Å². The van der Waals surface area contributed by atoms with E-state index in [-0.39, 0.29) is 0 Å². The van der Waals surface area contributed by atoms with Crippen LogP contribution in [0.1, 0.15) is 25.7 Å². The number of hydrogen-bond donors (Lipinski definition) is 0. The maximum atomic E-state index is 5.28. The van der Waals surface area contributed by atoms with E-state index in [0.717, 1.165) is 26.4 Å². The minimum absolute atomic E-state index is 0.703. The molecule has 2 aliphatic heterocycles. The number of hydrogen-bond acceptors (Lipinski definition) is 3. The van der Waals surface area contributed by atoms with Gasteiger partial charge in [-0.15, -0.1) is 0 Å². The average molecular weight is 186 g/mol. The molecule has 0 aromatic heterocycles. The lowest BCUT2D eigenvalue weighted by atomic mass is 10.0. The molecular weight excluding hydrogens is 168 g/mol. The van der Waals surface area contributed by atoms with E-state index in [1.54, 1.807) is 0 Å². The lowest BCUT2D eigenvalue weighted by molar-refractivity contribution is -0.0334. The number of fused-ring (bicyclic) bond motifs is 1. The van der Waals surface area contributed by atoms with Crippen LogP contribution in [0.25, 0.3) is 0 Å². The fraction of sp³-hybridized carbons (Fsp3) is 1.00. The second-order valence-corrected chi connectivity index (χ2v) is 3.72. The van der Waals surface area contributed by atoms with Crippen LogP contribution in [0.15, 0.2) is 0 Å². The normalized spacial score (nSPS) is 36.9. The van der Waals surface area contributed by atoms with Crippen molar-refractivity contribution in [2.24, 2.45) is 0 Å². The van der Waals surface area contributed by atoms with Gasteiger partial charge in [-0.25, -0.2) is 0 Å². The lowest BCUT2D eigenvalue weighted by Crippen LogP contribution is -2.16. The summed E-state index contributed by atoms with van der Waals surface area (Å²) in [7, 11) is 0. The van der Waals surface area contributed by atoms with Crippen LogP contribution in [0.3, 0.4) is 0 Å². The van der Waals surface area contributed by atoms with E-state index in [2.05, 4.69) is 0 Å². The summed E-state index contributed by atoms with van der Waals surface area (Å²) in [5.41, 5.74) is 0. The second-order valence-electron chi connectivity index (χ2n) is 3.72. The van der Waals surface area contributed by atoms with Gasteiger partial charge in [0, 0.05) is 0 Å². The molecule has 0 radical (unpaired) electrons. The van der Waals surface area contributed by atoms with Crippen LogP contribution in [-0.2, 0) is 14.2 Å². The van der Waals surface area contributed by atoms with Crippen molar-refractivity contribution in [3.8, 4) is 0 Å². The second kappa shape index (κ2) is 4.94. The number of ether oxygens (including phenoxy) is 3. The van der Waals surface area contributed by atoms with Gasteiger partial charge in [0.25, 0.3) is 0 Å². The Morgan fingerprint density at radius 1 is 0.692 bits per heavy atom. The molecule has 1 aliphatic carbocycles. The summed E-state index contributed by atoms with van der Waals surface area (Å²) < 4.78 is 15.2. The number of rotatable bonds is 0. The number of epoxide rings is 1. The Hall–Kier alpha value is -0.120. The molecule has 3 nitrogen and oxygen atoms in total. The predicted molar refractivity (Wildman–Crippen MR) is 48.8 cm³/mol. The van der Waals surface area contributed by atoms with Gasteiger partial charge >= 0.3 is 0 Å². The van der Waals surface area contributed by atoms with Crippen LogP contribution >= 0.6 is 0 Å². The van der Waals surface area contributed by atoms with Gasteiger partial charge in [-0.3, -0.25) is 0 Å². The van der Waals surface area contributed by atoms with Crippen molar-refractivity contribution >= 4 is 0 Å². The molecule has 0 bridgehead atoms. The van der Waals surface area contributed by atoms with Gasteiger partial charge in [0.1, 0.15) is 0 Å². The summed E-state index contributed by atoms with van der Waals surface area (Å²) in [5.74, 6) is 0. The zero-order valence-corrected chi connectivity index (χ0v) is 8.04. The van der Waals surface area contributed by atoms with Crippen molar-refractivity contribution in [2.45, 2.75) is 37.9 Å². The largest absolute Gasteiger partial charge is 0.377 e. The molecule has 0 aromatic rings. The highest BCUT2D eigenvalue weighted by Crippen LogP contribution is 2.35. The predicted octanol–water partition coefficient (Wildman–Crippen LogP) is 1.36. The van der Waals surface area contributed by atoms with Crippen LogP contribution < -0.4 is 0 Å². The molecule has 0 aromatic carbocycles. The molecule has 3 aliphatic rings. The van der Waals surface area contributed by atoms with Crippen LogP contribution in [0.5, 0.6) is 0 Å². The van der Waals surface area contributed by atoms with E-state index in [9.17, 15) is 0 Å². The van der Waals surface area contributed by atoms with E-state index in [1.165, 1.54) is 25.7 Å². The first-order valence-electron chi connectivity index (χ1n) is 5.28. The van der Waals surface area contributed by atoms with Gasteiger partial charge in [0.2, 0.25) is 0 Å². The smallest absolute Gasteiger partial charge is 0.0841 e. The Labute approximate surface area is 79.4 Å². The molecule has 2 heterocycles. The third-order valence-corrected chi connectivity index (χ3v) is 2.66. The molecule has 3 fully saturated rings. The van der Waals surface area contributed by atoms with Gasteiger partial charge in [0.05, 0.1) is 38.6 Å². The Morgan fingerprint density at radius 3 is 1.46 bits per heavy atom. The molecule has 0 N–H and O–H groups in total. The summed E-state index contributed by atoms with van der Waals surface area (Å²) in [6, 6.07) is 0. The van der Waals surface area contributed by atoms with Gasteiger partial charge in [0.15, 0.2) is 0 Å². The monoisotopic (exact) mass is 186 g/mol. The molecule has 0 amide bonds. The highest BCUT2D eigenvalue weighted by Gasteiger charge is 2.39. The van der Waals surface area contributed by atoms with E-state index >= 15 is 0 Å². The van der Waals surface area contributed by atoms with Crippen molar-refractivity contribution < 1.29 is 14.2 Å². The first-order valence-corrected chi connectivity index (χ1v) is 5.28. The summed E-state index contributed by atoms with van der Waals surface area (Å²) >= 11 is 0. The highest BCUT2D eigenvalue weighted by molar-refractivity contribution is 4.87. The van der Waals surface area contributed by atoms with Gasteiger partial charge in [-0.1, -0.05) is 12.8 Å². The molecule has 0 spiro atoms. The Bertz CT molecular complexity index is 124. The first-order chi connectivity index (χ1) is 6.47. The first kappa shape index (κ1) is 9.44. The summed E-state index contributed by atoms with van der Waals surface area (Å²) in [6.07, 6.45) is 6.89. The third kappa shape index (κ3) is 3.25.